The van der Waals surface area contributed by atoms with Crippen LogP contribution in [-0.2, 0) is 6.18 Å². The van der Waals surface area contributed by atoms with Crippen molar-refractivity contribution in [3.05, 3.63) is 35.4 Å². The van der Waals surface area contributed by atoms with Crippen molar-refractivity contribution in [2.75, 3.05) is 0 Å². The van der Waals surface area contributed by atoms with Gasteiger partial charge in [0.15, 0.2) is 0 Å². The first-order chi connectivity index (χ1) is 6.45. The summed E-state index contributed by atoms with van der Waals surface area (Å²) in [6, 6.07) is 4.83. The van der Waals surface area contributed by atoms with Gasteiger partial charge in [0.25, 0.3) is 0 Å². The molecule has 1 aromatic carbocycles. The van der Waals surface area contributed by atoms with Crippen LogP contribution in [-0.4, -0.2) is 0 Å². The van der Waals surface area contributed by atoms with Gasteiger partial charge in [-0.05, 0) is 24.1 Å². The minimum atomic E-state index is -4.29. The fourth-order valence-corrected chi connectivity index (χ4v) is 1.18. The quantitative estimate of drug-likeness (QED) is 0.785. The predicted molar refractivity (Wildman–Crippen MR) is 48.7 cm³/mol. The molecule has 0 aliphatic heterocycles. The maximum atomic E-state index is 12.3. The molecular weight excluding hydrogens is 191 g/mol. The van der Waals surface area contributed by atoms with Crippen LogP contribution in [0.5, 0.6) is 0 Å². The van der Waals surface area contributed by atoms with Crippen molar-refractivity contribution >= 4 is 0 Å². The third-order valence-corrected chi connectivity index (χ3v) is 2.08. The van der Waals surface area contributed by atoms with Gasteiger partial charge in [-0.25, -0.2) is 0 Å². The molecule has 0 spiro atoms. The summed E-state index contributed by atoms with van der Waals surface area (Å²) in [6.45, 7) is 1.84. The van der Waals surface area contributed by atoms with Crippen LogP contribution in [0.15, 0.2) is 24.3 Å². The highest BCUT2D eigenvalue weighted by Gasteiger charge is 2.30. The fraction of sp³-hybridized carbons (Fsp3) is 0.400. The van der Waals surface area contributed by atoms with Gasteiger partial charge in [0.2, 0.25) is 0 Å². The highest BCUT2D eigenvalue weighted by molar-refractivity contribution is 5.27. The SMILES string of the molecule is CC[C@@H](N)c1cccc(C(F)(F)F)c1. The van der Waals surface area contributed by atoms with Crippen LogP contribution in [0, 0.1) is 0 Å². The Morgan fingerprint density at radius 2 is 2.00 bits per heavy atom. The first-order valence-electron chi connectivity index (χ1n) is 4.38. The molecule has 0 saturated carbocycles. The number of halogens is 3. The average molecular weight is 203 g/mol. The zero-order valence-electron chi connectivity index (χ0n) is 7.81. The molecule has 4 heteroatoms. The summed E-state index contributed by atoms with van der Waals surface area (Å²) in [5.74, 6) is 0. The van der Waals surface area contributed by atoms with Crippen LogP contribution in [0.3, 0.4) is 0 Å². The molecule has 14 heavy (non-hydrogen) atoms. The lowest BCUT2D eigenvalue weighted by Crippen LogP contribution is -2.11. The number of hydrogen-bond donors (Lipinski definition) is 1. The Morgan fingerprint density at radius 3 is 2.50 bits per heavy atom. The fourth-order valence-electron chi connectivity index (χ4n) is 1.18. The van der Waals surface area contributed by atoms with E-state index in [2.05, 4.69) is 0 Å². The smallest absolute Gasteiger partial charge is 0.324 e. The first kappa shape index (κ1) is 11.0. The van der Waals surface area contributed by atoms with Crippen molar-refractivity contribution in [3.63, 3.8) is 0 Å². The van der Waals surface area contributed by atoms with Gasteiger partial charge in [-0.1, -0.05) is 19.1 Å². The molecule has 0 fully saturated rings. The molecule has 0 saturated heterocycles. The summed E-state index contributed by atoms with van der Waals surface area (Å²) in [5, 5.41) is 0. The van der Waals surface area contributed by atoms with Gasteiger partial charge >= 0.3 is 6.18 Å². The van der Waals surface area contributed by atoms with E-state index in [1.165, 1.54) is 6.07 Å². The summed E-state index contributed by atoms with van der Waals surface area (Å²) in [6.07, 6.45) is -3.66. The Morgan fingerprint density at radius 1 is 1.36 bits per heavy atom. The number of hydrogen-bond acceptors (Lipinski definition) is 1. The Balaban J connectivity index is 3.01. The van der Waals surface area contributed by atoms with Crippen LogP contribution in [0.4, 0.5) is 13.2 Å². The van der Waals surface area contributed by atoms with E-state index in [0.717, 1.165) is 12.1 Å². The lowest BCUT2D eigenvalue weighted by molar-refractivity contribution is -0.137. The molecule has 0 unspecified atom stereocenters. The van der Waals surface area contributed by atoms with Crippen molar-refractivity contribution in [3.8, 4) is 0 Å². The highest BCUT2D eigenvalue weighted by atomic mass is 19.4. The molecule has 0 aromatic heterocycles. The molecule has 78 valence electrons. The van der Waals surface area contributed by atoms with Crippen molar-refractivity contribution in [1.29, 1.82) is 0 Å². The lowest BCUT2D eigenvalue weighted by atomic mass is 10.0. The van der Waals surface area contributed by atoms with Gasteiger partial charge in [-0.2, -0.15) is 13.2 Å². The van der Waals surface area contributed by atoms with Gasteiger partial charge in [-0.3, -0.25) is 0 Å². The van der Waals surface area contributed by atoms with Gasteiger partial charge in [-0.15, -0.1) is 0 Å². The number of benzene rings is 1. The summed E-state index contributed by atoms with van der Waals surface area (Å²) >= 11 is 0. The molecule has 0 bridgehead atoms. The maximum absolute atomic E-state index is 12.3. The molecule has 0 radical (unpaired) electrons. The minimum Gasteiger partial charge on any atom is -0.324 e. The molecule has 0 aliphatic carbocycles. The Labute approximate surface area is 80.7 Å². The summed E-state index contributed by atoms with van der Waals surface area (Å²) in [7, 11) is 0. The predicted octanol–water partition coefficient (Wildman–Crippen LogP) is 3.12. The Hall–Kier alpha value is -1.03. The van der Waals surface area contributed by atoms with Gasteiger partial charge in [0.05, 0.1) is 5.56 Å². The van der Waals surface area contributed by atoms with Crippen LogP contribution in [0.25, 0.3) is 0 Å². The van der Waals surface area contributed by atoms with Crippen LogP contribution in [0.1, 0.15) is 30.5 Å². The molecular formula is C10H12F3N. The van der Waals surface area contributed by atoms with Crippen molar-refractivity contribution in [2.45, 2.75) is 25.6 Å². The van der Waals surface area contributed by atoms with E-state index >= 15 is 0 Å². The Kier molecular flexibility index (Phi) is 3.16. The highest BCUT2D eigenvalue weighted by Crippen LogP contribution is 2.30. The third-order valence-electron chi connectivity index (χ3n) is 2.08. The first-order valence-corrected chi connectivity index (χ1v) is 4.38. The Bertz CT molecular complexity index is 306. The van der Waals surface area contributed by atoms with E-state index in [0.29, 0.717) is 12.0 Å². The minimum absolute atomic E-state index is 0.322. The number of nitrogens with two attached hydrogens (primary N) is 1. The topological polar surface area (TPSA) is 26.0 Å². The van der Waals surface area contributed by atoms with E-state index < -0.39 is 11.7 Å². The van der Waals surface area contributed by atoms with E-state index in [1.807, 2.05) is 6.92 Å². The standard InChI is InChI=1S/C10H12F3N/c1-2-9(14)7-4-3-5-8(6-7)10(11,12)13/h3-6,9H,2,14H2,1H3/t9-/m1/s1. The monoisotopic (exact) mass is 203 g/mol. The largest absolute Gasteiger partial charge is 0.416 e. The summed E-state index contributed by atoms with van der Waals surface area (Å²) in [5.41, 5.74) is 5.53. The van der Waals surface area contributed by atoms with Gasteiger partial charge < -0.3 is 5.73 Å². The summed E-state index contributed by atoms with van der Waals surface area (Å²) in [4.78, 5) is 0. The molecule has 1 rings (SSSR count). The number of rotatable bonds is 2. The molecule has 1 atom stereocenters. The van der Waals surface area contributed by atoms with Crippen molar-refractivity contribution in [2.24, 2.45) is 5.73 Å². The van der Waals surface area contributed by atoms with Crippen LogP contribution < -0.4 is 5.73 Å². The zero-order valence-corrected chi connectivity index (χ0v) is 7.81. The van der Waals surface area contributed by atoms with Crippen LogP contribution in [0.2, 0.25) is 0 Å². The third kappa shape index (κ3) is 2.48. The summed E-state index contributed by atoms with van der Waals surface area (Å²) < 4.78 is 36.9. The van der Waals surface area contributed by atoms with E-state index in [-0.39, 0.29) is 6.04 Å². The second-order valence-electron chi connectivity index (χ2n) is 3.14. The van der Waals surface area contributed by atoms with Crippen molar-refractivity contribution < 1.29 is 13.2 Å². The average Bonchev–Trinajstić information content (AvgIpc) is 2.15. The van der Waals surface area contributed by atoms with Gasteiger partial charge in [0.1, 0.15) is 0 Å². The van der Waals surface area contributed by atoms with E-state index in [4.69, 9.17) is 5.73 Å². The normalized spacial score (nSPS) is 14.1. The molecule has 2 N–H and O–H groups in total. The van der Waals surface area contributed by atoms with Crippen molar-refractivity contribution in [1.82, 2.24) is 0 Å². The van der Waals surface area contributed by atoms with Crippen LogP contribution >= 0.6 is 0 Å². The molecule has 1 nitrogen and oxygen atoms in total. The lowest BCUT2D eigenvalue weighted by Gasteiger charge is -2.12. The van der Waals surface area contributed by atoms with E-state index in [1.54, 1.807) is 6.07 Å². The van der Waals surface area contributed by atoms with E-state index in [9.17, 15) is 13.2 Å². The molecule has 0 aliphatic rings. The molecule has 1 aromatic rings. The zero-order chi connectivity index (χ0) is 10.8. The molecule has 0 amide bonds. The molecule has 0 heterocycles. The second-order valence-corrected chi connectivity index (χ2v) is 3.14. The van der Waals surface area contributed by atoms with Gasteiger partial charge in [0, 0.05) is 6.04 Å². The maximum Gasteiger partial charge on any atom is 0.416 e. The second kappa shape index (κ2) is 4.00. The number of alkyl halides is 3.